The number of anilines is 2. The van der Waals surface area contributed by atoms with Gasteiger partial charge in [-0.05, 0) is 40.2 Å². The first-order valence-electron chi connectivity index (χ1n) is 5.50. The fourth-order valence-corrected chi connectivity index (χ4v) is 1.92. The lowest BCUT2D eigenvalue weighted by Crippen LogP contribution is -2.14. The van der Waals surface area contributed by atoms with Gasteiger partial charge in [0.1, 0.15) is 5.82 Å². The van der Waals surface area contributed by atoms with E-state index in [4.69, 9.17) is 0 Å². The Morgan fingerprint density at radius 3 is 2.84 bits per heavy atom. The van der Waals surface area contributed by atoms with Gasteiger partial charge in [-0.3, -0.25) is 9.78 Å². The third-order valence-corrected chi connectivity index (χ3v) is 3.20. The van der Waals surface area contributed by atoms with Crippen molar-refractivity contribution in [2.75, 3.05) is 17.7 Å². The van der Waals surface area contributed by atoms with E-state index in [0.717, 1.165) is 0 Å². The molecule has 0 aliphatic heterocycles. The van der Waals surface area contributed by atoms with Crippen molar-refractivity contribution in [1.29, 1.82) is 0 Å². The minimum absolute atomic E-state index is 0.358. The molecule has 1 aromatic heterocycles. The molecule has 19 heavy (non-hydrogen) atoms. The third-order valence-electron chi connectivity index (χ3n) is 2.51. The average molecular weight is 324 g/mol. The van der Waals surface area contributed by atoms with Gasteiger partial charge in [0.05, 0.1) is 11.3 Å². The number of carbonyl (C=O) groups is 1. The Morgan fingerprint density at radius 1 is 1.32 bits per heavy atom. The molecule has 1 heterocycles. The van der Waals surface area contributed by atoms with E-state index in [1.165, 1.54) is 24.4 Å². The zero-order valence-corrected chi connectivity index (χ0v) is 11.7. The van der Waals surface area contributed by atoms with Crippen molar-refractivity contribution in [3.8, 4) is 0 Å². The molecule has 2 rings (SSSR count). The molecule has 0 saturated carbocycles. The number of nitrogens with one attached hydrogen (secondary N) is 2. The van der Waals surface area contributed by atoms with Crippen LogP contribution in [0.5, 0.6) is 0 Å². The first-order valence-corrected chi connectivity index (χ1v) is 6.29. The van der Waals surface area contributed by atoms with Crippen LogP contribution in [-0.4, -0.2) is 17.9 Å². The van der Waals surface area contributed by atoms with Crippen molar-refractivity contribution in [1.82, 2.24) is 4.98 Å². The number of halogens is 2. The lowest BCUT2D eigenvalue weighted by atomic mass is 10.2. The van der Waals surface area contributed by atoms with Gasteiger partial charge < -0.3 is 10.6 Å². The van der Waals surface area contributed by atoms with E-state index >= 15 is 0 Å². The Kier molecular flexibility index (Phi) is 4.11. The first kappa shape index (κ1) is 13.5. The summed E-state index contributed by atoms with van der Waals surface area (Å²) >= 11 is 3.25. The molecule has 0 bridgehead atoms. The Bertz CT molecular complexity index is 619. The highest BCUT2D eigenvalue weighted by Crippen LogP contribution is 2.24. The highest BCUT2D eigenvalue weighted by molar-refractivity contribution is 9.10. The molecule has 0 aliphatic rings. The molecule has 0 atom stereocenters. The summed E-state index contributed by atoms with van der Waals surface area (Å²) in [5.74, 6) is -0.776. The van der Waals surface area contributed by atoms with Gasteiger partial charge in [-0.15, -0.1) is 0 Å². The zero-order valence-electron chi connectivity index (χ0n) is 10.1. The maximum absolute atomic E-state index is 13.1. The normalized spacial score (nSPS) is 10.1. The number of nitrogens with zero attached hydrogens (tertiary/aromatic N) is 1. The molecule has 4 nitrogen and oxygen atoms in total. The lowest BCUT2D eigenvalue weighted by molar-refractivity contribution is 0.102. The SMILES string of the molecule is CNc1ccncc1C(=O)Nc1cc(F)ccc1Br. The number of carbonyl (C=O) groups excluding carboxylic acids is 1. The predicted molar refractivity (Wildman–Crippen MR) is 75.8 cm³/mol. The number of rotatable bonds is 3. The topological polar surface area (TPSA) is 54.0 Å². The van der Waals surface area contributed by atoms with Gasteiger partial charge in [0.15, 0.2) is 0 Å². The molecule has 0 unspecified atom stereocenters. The number of pyridine rings is 1. The maximum Gasteiger partial charge on any atom is 0.259 e. The van der Waals surface area contributed by atoms with Crippen LogP contribution in [0.4, 0.5) is 15.8 Å². The second-order valence-corrected chi connectivity index (χ2v) is 4.60. The Balaban J connectivity index is 2.28. The van der Waals surface area contributed by atoms with E-state index in [1.807, 2.05) is 0 Å². The van der Waals surface area contributed by atoms with E-state index in [1.54, 1.807) is 19.3 Å². The van der Waals surface area contributed by atoms with Gasteiger partial charge in [-0.25, -0.2) is 4.39 Å². The standard InChI is InChI=1S/C13H11BrFN3O/c1-16-11-4-5-17-7-9(11)13(19)18-12-6-8(15)2-3-10(12)14/h2-7H,1H3,(H,16,17)(H,18,19). The molecule has 0 fully saturated rings. The summed E-state index contributed by atoms with van der Waals surface area (Å²) < 4.78 is 13.8. The van der Waals surface area contributed by atoms with Gasteiger partial charge in [0, 0.05) is 29.6 Å². The second kappa shape index (κ2) is 5.79. The van der Waals surface area contributed by atoms with Crippen molar-refractivity contribution in [2.24, 2.45) is 0 Å². The van der Waals surface area contributed by atoms with Gasteiger partial charge in [0.2, 0.25) is 0 Å². The molecule has 98 valence electrons. The van der Waals surface area contributed by atoms with Crippen LogP contribution < -0.4 is 10.6 Å². The predicted octanol–water partition coefficient (Wildman–Crippen LogP) is 3.28. The van der Waals surface area contributed by atoms with Crippen LogP contribution in [0.3, 0.4) is 0 Å². The smallest absolute Gasteiger partial charge is 0.259 e. The molecule has 0 aliphatic carbocycles. The summed E-state index contributed by atoms with van der Waals surface area (Å²) in [7, 11) is 1.71. The molecule has 0 spiro atoms. The number of amides is 1. The highest BCUT2D eigenvalue weighted by atomic mass is 79.9. The van der Waals surface area contributed by atoms with Gasteiger partial charge >= 0.3 is 0 Å². The molecular weight excluding hydrogens is 313 g/mol. The van der Waals surface area contributed by atoms with Crippen LogP contribution >= 0.6 is 15.9 Å². The van der Waals surface area contributed by atoms with Crippen LogP contribution in [0, 0.1) is 5.82 Å². The molecule has 2 N–H and O–H groups in total. The third kappa shape index (κ3) is 3.08. The summed E-state index contributed by atoms with van der Waals surface area (Å²) in [6.07, 6.45) is 3.04. The summed E-state index contributed by atoms with van der Waals surface area (Å²) in [5.41, 5.74) is 1.41. The van der Waals surface area contributed by atoms with Crippen molar-refractivity contribution in [3.63, 3.8) is 0 Å². The van der Waals surface area contributed by atoms with Gasteiger partial charge in [-0.2, -0.15) is 0 Å². The van der Waals surface area contributed by atoms with Gasteiger partial charge in [-0.1, -0.05) is 0 Å². The minimum Gasteiger partial charge on any atom is -0.387 e. The number of benzene rings is 1. The number of hydrogen-bond acceptors (Lipinski definition) is 3. The van der Waals surface area contributed by atoms with Crippen molar-refractivity contribution < 1.29 is 9.18 Å². The van der Waals surface area contributed by atoms with Crippen LogP contribution in [0.15, 0.2) is 41.1 Å². The second-order valence-electron chi connectivity index (χ2n) is 3.75. The van der Waals surface area contributed by atoms with Crippen LogP contribution in [-0.2, 0) is 0 Å². The van der Waals surface area contributed by atoms with Crippen molar-refractivity contribution in [3.05, 3.63) is 52.5 Å². The molecule has 0 radical (unpaired) electrons. The van der Waals surface area contributed by atoms with Crippen molar-refractivity contribution in [2.45, 2.75) is 0 Å². The molecular formula is C13H11BrFN3O. The Morgan fingerprint density at radius 2 is 2.11 bits per heavy atom. The quantitative estimate of drug-likeness (QED) is 0.911. The minimum atomic E-state index is -0.418. The lowest BCUT2D eigenvalue weighted by Gasteiger charge is -2.10. The molecule has 0 saturated heterocycles. The van der Waals surface area contributed by atoms with E-state index in [2.05, 4.69) is 31.5 Å². The van der Waals surface area contributed by atoms with E-state index in [9.17, 15) is 9.18 Å². The van der Waals surface area contributed by atoms with Crippen LogP contribution in [0.25, 0.3) is 0 Å². The maximum atomic E-state index is 13.1. The van der Waals surface area contributed by atoms with Gasteiger partial charge in [0.25, 0.3) is 5.91 Å². The molecule has 6 heteroatoms. The number of aromatic nitrogens is 1. The summed E-state index contributed by atoms with van der Waals surface area (Å²) in [5, 5.41) is 5.54. The van der Waals surface area contributed by atoms with E-state index < -0.39 is 5.82 Å². The summed E-state index contributed by atoms with van der Waals surface area (Å²) in [4.78, 5) is 16.0. The first-order chi connectivity index (χ1) is 9.11. The fraction of sp³-hybridized carbons (Fsp3) is 0.0769. The molecule has 2 aromatic rings. The largest absolute Gasteiger partial charge is 0.387 e. The van der Waals surface area contributed by atoms with E-state index in [0.29, 0.717) is 21.4 Å². The zero-order chi connectivity index (χ0) is 13.8. The van der Waals surface area contributed by atoms with Crippen LogP contribution in [0.1, 0.15) is 10.4 Å². The number of hydrogen-bond donors (Lipinski definition) is 2. The monoisotopic (exact) mass is 323 g/mol. The van der Waals surface area contributed by atoms with Crippen LogP contribution in [0.2, 0.25) is 0 Å². The fourth-order valence-electron chi connectivity index (χ4n) is 1.58. The molecule has 1 amide bonds. The molecule has 1 aromatic carbocycles. The average Bonchev–Trinajstić information content (AvgIpc) is 2.42. The van der Waals surface area contributed by atoms with Crippen molar-refractivity contribution >= 4 is 33.2 Å². The Labute approximate surface area is 118 Å². The summed E-state index contributed by atoms with van der Waals surface area (Å²) in [6.45, 7) is 0. The van der Waals surface area contributed by atoms with E-state index in [-0.39, 0.29) is 5.91 Å². The highest BCUT2D eigenvalue weighted by Gasteiger charge is 2.12. The summed E-state index contributed by atoms with van der Waals surface area (Å²) in [6, 6.07) is 5.78. The Hall–Kier alpha value is -1.95.